The Bertz CT molecular complexity index is 3480. The Balaban J connectivity index is 0.00000356. The molecule has 0 spiro atoms. The third-order valence-electron chi connectivity index (χ3n) is 11.9. The summed E-state index contributed by atoms with van der Waals surface area (Å²) in [6, 6.07) is 60.8. The van der Waals surface area contributed by atoms with Crippen molar-refractivity contribution in [2.75, 3.05) is 0 Å². The molecule has 13 rings (SSSR count). The molecular weight excluding hydrogens is 876 g/mol. The predicted octanol–water partition coefficient (Wildman–Crippen LogP) is 13.2. The van der Waals surface area contributed by atoms with Crippen LogP contribution >= 0.6 is 0 Å². The van der Waals surface area contributed by atoms with Gasteiger partial charge in [0, 0.05) is 22.3 Å². The molecule has 0 atom stereocenters. The molecule has 8 aromatic carbocycles. The van der Waals surface area contributed by atoms with Crippen LogP contribution in [0.15, 0.2) is 170 Å². The molecular formula is C52H28N4Pt. The molecule has 0 saturated carbocycles. The van der Waals surface area contributed by atoms with Gasteiger partial charge >= 0.3 is 21.1 Å². The Morgan fingerprint density at radius 3 is 1.09 bits per heavy atom. The van der Waals surface area contributed by atoms with Gasteiger partial charge in [0.15, 0.2) is 0 Å². The van der Waals surface area contributed by atoms with Crippen molar-refractivity contribution in [1.29, 1.82) is 0 Å². The molecule has 0 N–H and O–H groups in total. The molecule has 5 heteroatoms. The van der Waals surface area contributed by atoms with Gasteiger partial charge in [0.2, 0.25) is 0 Å². The van der Waals surface area contributed by atoms with E-state index in [-0.39, 0.29) is 21.1 Å². The van der Waals surface area contributed by atoms with E-state index in [4.69, 9.17) is 19.9 Å². The standard InChI is InChI=1S/C52H28N4.Pt/c1-5-13-33-29(9-1)17-21-37-41-26-46-51-35-15-7-3-11-31(35)19-23-39(51)43(55-46)28-48-52-36-16-8-4-12-32(36)20-24-40(52)44(56-48)27-47-50-34-14-6-2-10-30(34)18-22-38(50)42(54-47)25-45(53-41)49(33)37;/h1-28H;/q-2;+2. The summed E-state index contributed by atoms with van der Waals surface area (Å²) in [6.07, 6.45) is 0. The van der Waals surface area contributed by atoms with Gasteiger partial charge in [-0.2, -0.15) is 0 Å². The summed E-state index contributed by atoms with van der Waals surface area (Å²) >= 11 is 0. The van der Waals surface area contributed by atoms with Gasteiger partial charge < -0.3 is 9.97 Å². The largest absolute Gasteiger partial charge is 2.00 e. The van der Waals surface area contributed by atoms with Crippen LogP contribution in [-0.4, -0.2) is 9.97 Å². The van der Waals surface area contributed by atoms with Crippen LogP contribution < -0.4 is 9.97 Å². The Labute approximate surface area is 340 Å². The number of nitrogens with zero attached hydrogens (tertiary/aromatic N) is 4. The summed E-state index contributed by atoms with van der Waals surface area (Å²) in [5.41, 5.74) is 11.6. The van der Waals surface area contributed by atoms with E-state index in [0.29, 0.717) is 0 Å². The first-order valence-corrected chi connectivity index (χ1v) is 19.1. The molecule has 0 aliphatic carbocycles. The van der Waals surface area contributed by atoms with E-state index in [9.17, 15) is 0 Å². The van der Waals surface area contributed by atoms with Crippen molar-refractivity contribution in [2.24, 2.45) is 0 Å². The molecule has 266 valence electrons. The van der Waals surface area contributed by atoms with Gasteiger partial charge in [-0.1, -0.05) is 146 Å². The average molecular weight is 904 g/mol. The van der Waals surface area contributed by atoms with Crippen molar-refractivity contribution < 1.29 is 21.1 Å². The summed E-state index contributed by atoms with van der Waals surface area (Å²) in [6.45, 7) is 0. The molecule has 0 unspecified atom stereocenters. The fourth-order valence-corrected chi connectivity index (χ4v) is 9.40. The zero-order valence-electron chi connectivity index (χ0n) is 30.3. The quantitative estimate of drug-likeness (QED) is 0.152. The minimum Gasteiger partial charge on any atom is -0.657 e. The average Bonchev–Trinajstić information content (AvgIpc) is 3.99. The molecule has 0 amide bonds. The third-order valence-corrected chi connectivity index (χ3v) is 11.9. The summed E-state index contributed by atoms with van der Waals surface area (Å²) in [7, 11) is 0. The molecule has 11 aromatic rings. The summed E-state index contributed by atoms with van der Waals surface area (Å²) < 4.78 is 0. The Kier molecular flexibility index (Phi) is 6.85. The molecule has 2 aliphatic heterocycles. The number of aromatic nitrogens is 4. The first-order chi connectivity index (χ1) is 27.7. The van der Waals surface area contributed by atoms with Crippen LogP contribution in [0.25, 0.3) is 132 Å². The van der Waals surface area contributed by atoms with E-state index in [1.807, 2.05) is 0 Å². The maximum absolute atomic E-state index is 5.46. The maximum atomic E-state index is 5.46. The normalized spacial score (nSPS) is 12.1. The first-order valence-electron chi connectivity index (χ1n) is 19.1. The van der Waals surface area contributed by atoms with Crippen LogP contribution in [0.3, 0.4) is 0 Å². The molecule has 2 aliphatic rings. The van der Waals surface area contributed by atoms with E-state index < -0.39 is 0 Å². The van der Waals surface area contributed by atoms with E-state index in [1.54, 1.807) is 0 Å². The summed E-state index contributed by atoms with van der Waals surface area (Å²) in [5.74, 6) is 0. The molecule has 0 fully saturated rings. The van der Waals surface area contributed by atoms with Crippen LogP contribution in [0, 0.1) is 0 Å². The zero-order chi connectivity index (χ0) is 36.5. The van der Waals surface area contributed by atoms with E-state index in [1.165, 1.54) is 43.1 Å². The number of rotatable bonds is 0. The molecule has 5 heterocycles. The number of fused-ring (bicyclic) bond motifs is 28. The molecule has 0 saturated heterocycles. The third kappa shape index (κ3) is 4.65. The molecule has 0 radical (unpaired) electrons. The van der Waals surface area contributed by atoms with Gasteiger partial charge in [-0.05, 0) is 88.9 Å². The smallest absolute Gasteiger partial charge is 0.657 e. The second kappa shape index (κ2) is 12.1. The Hall–Kier alpha value is -6.87. The number of hydrogen-bond acceptors (Lipinski definition) is 2. The SMILES string of the molecule is [Pt+2].c1ccc2c3c(ccc2c1)-c1cc2[n-]c(cc4nc(cc5[n-]c(cc-3n1)c1ccc3ccccc3c51)-c1ccc3ccccc3c1-4)c1ccc3ccccc3c21. The van der Waals surface area contributed by atoms with E-state index in [0.717, 1.165) is 88.6 Å². The Morgan fingerprint density at radius 2 is 0.649 bits per heavy atom. The molecule has 8 bridgehead atoms. The number of benzene rings is 8. The van der Waals surface area contributed by atoms with Crippen molar-refractivity contribution in [3.63, 3.8) is 0 Å². The van der Waals surface area contributed by atoms with Gasteiger partial charge in [-0.25, -0.2) is 9.97 Å². The van der Waals surface area contributed by atoms with Gasteiger partial charge in [-0.15, -0.1) is 22.1 Å². The van der Waals surface area contributed by atoms with Crippen molar-refractivity contribution in [1.82, 2.24) is 19.9 Å². The zero-order valence-corrected chi connectivity index (χ0v) is 32.5. The maximum Gasteiger partial charge on any atom is 2.00 e. The minimum absolute atomic E-state index is 0. The van der Waals surface area contributed by atoms with E-state index >= 15 is 0 Å². The molecule has 4 nitrogen and oxygen atoms in total. The van der Waals surface area contributed by atoms with Gasteiger partial charge in [-0.3, -0.25) is 0 Å². The second-order valence-electron chi connectivity index (χ2n) is 14.9. The van der Waals surface area contributed by atoms with Crippen molar-refractivity contribution in [2.45, 2.75) is 0 Å². The van der Waals surface area contributed by atoms with E-state index in [2.05, 4.69) is 170 Å². The second-order valence-corrected chi connectivity index (χ2v) is 14.9. The molecule has 57 heavy (non-hydrogen) atoms. The van der Waals surface area contributed by atoms with Crippen LogP contribution in [0.2, 0.25) is 0 Å². The summed E-state index contributed by atoms with van der Waals surface area (Å²) in [4.78, 5) is 21.8. The predicted molar refractivity (Wildman–Crippen MR) is 233 cm³/mol. The van der Waals surface area contributed by atoms with Crippen LogP contribution in [0.4, 0.5) is 0 Å². The fraction of sp³-hybridized carbons (Fsp3) is 0. The van der Waals surface area contributed by atoms with Crippen molar-refractivity contribution >= 4 is 86.7 Å². The van der Waals surface area contributed by atoms with Crippen LogP contribution in [0.1, 0.15) is 0 Å². The number of hydrogen-bond donors (Lipinski definition) is 0. The monoisotopic (exact) mass is 903 g/mol. The topological polar surface area (TPSA) is 54.0 Å². The summed E-state index contributed by atoms with van der Waals surface area (Å²) in [5, 5.41) is 13.8. The van der Waals surface area contributed by atoms with Crippen LogP contribution in [0.5, 0.6) is 0 Å². The van der Waals surface area contributed by atoms with Gasteiger partial charge in [0.05, 0.1) is 22.8 Å². The first kappa shape index (κ1) is 32.4. The van der Waals surface area contributed by atoms with Gasteiger partial charge in [0.25, 0.3) is 0 Å². The Morgan fingerprint density at radius 1 is 0.298 bits per heavy atom. The minimum atomic E-state index is 0. The fourth-order valence-electron chi connectivity index (χ4n) is 9.40. The van der Waals surface area contributed by atoms with Crippen LogP contribution in [-0.2, 0) is 21.1 Å². The van der Waals surface area contributed by atoms with Crippen molar-refractivity contribution in [3.8, 4) is 45.0 Å². The van der Waals surface area contributed by atoms with Gasteiger partial charge in [0.1, 0.15) is 0 Å². The molecule has 3 aromatic heterocycles. The van der Waals surface area contributed by atoms with Crippen molar-refractivity contribution in [3.05, 3.63) is 170 Å².